The van der Waals surface area contributed by atoms with Crippen LogP contribution in [-0.2, 0) is 16.8 Å². The fraction of sp³-hybridized carbons (Fsp3) is 0. The van der Waals surface area contributed by atoms with Gasteiger partial charge in [0.05, 0.1) is 9.85 Å². The third-order valence-corrected chi connectivity index (χ3v) is 6.72. The summed E-state index contributed by atoms with van der Waals surface area (Å²) in [5.74, 6) is 1.15. The maximum Gasteiger partial charge on any atom is 0.271 e. The summed E-state index contributed by atoms with van der Waals surface area (Å²) in [5.41, 5.74) is -0.376. The summed E-state index contributed by atoms with van der Waals surface area (Å²) < 4.78 is 11.2. The van der Waals surface area contributed by atoms with E-state index in [1.807, 2.05) is 36.4 Å². The zero-order valence-corrected chi connectivity index (χ0v) is 28.0. The molecule has 0 aliphatic heterocycles. The third kappa shape index (κ3) is 10.8. The maximum atomic E-state index is 10.8. The Hall–Kier alpha value is -7.37. The van der Waals surface area contributed by atoms with E-state index in [1.54, 1.807) is 36.4 Å². The number of rotatable bonds is 10. The number of benzene rings is 6. The summed E-state index contributed by atoms with van der Waals surface area (Å²) in [6.45, 7) is 0. The Morgan fingerprint density at radius 3 is 1.11 bits per heavy atom. The number of ether oxygens (including phenoxy) is 2. The Labute approximate surface area is 310 Å². The molecule has 6 aromatic rings. The van der Waals surface area contributed by atoms with Gasteiger partial charge in [0.2, 0.25) is 0 Å². The van der Waals surface area contributed by atoms with E-state index in [4.69, 9.17) is 9.47 Å². The molecule has 53 heavy (non-hydrogen) atoms. The number of azo groups is 2. The monoisotopic (exact) mass is 761 g/mol. The topological polar surface area (TPSA) is 235 Å². The second kappa shape index (κ2) is 18.0. The molecule has 17 heteroatoms. The summed E-state index contributed by atoms with van der Waals surface area (Å²) in [6, 6.07) is 33.8. The van der Waals surface area contributed by atoms with Crippen LogP contribution in [0.2, 0.25) is 0 Å². The normalized spacial score (nSPS) is 10.6. The van der Waals surface area contributed by atoms with Gasteiger partial charge in [0, 0.05) is 53.2 Å². The molecule has 0 atom stereocenters. The minimum atomic E-state index is -0.606. The number of nitro benzene ring substituents is 2. The summed E-state index contributed by atoms with van der Waals surface area (Å²) in [7, 11) is 0. The maximum absolute atomic E-state index is 10.8. The number of nitro groups is 2. The first-order chi connectivity index (χ1) is 25.0. The Morgan fingerprint density at radius 1 is 0.415 bits per heavy atom. The number of non-ortho nitro benzene ring substituents is 2. The molecular weight excluding hydrogens is 735 g/mol. The molecule has 0 aliphatic rings. The molecule has 0 spiro atoms. The largest absolute Gasteiger partial charge is 0.506 e. The van der Waals surface area contributed by atoms with Crippen molar-refractivity contribution in [2.75, 3.05) is 0 Å². The van der Waals surface area contributed by atoms with Crippen molar-refractivity contribution >= 4 is 34.1 Å². The standard InChI is InChI=1S/2C18H13N3O5.Co/c2*22-17-9-6-12(21(24)25)10-16(17)20-19-15-8-7-14(11-18(15)23)26-13-4-2-1-3-5-13;/h2*1-11,22-23H;. The van der Waals surface area contributed by atoms with Gasteiger partial charge < -0.3 is 29.9 Å². The summed E-state index contributed by atoms with van der Waals surface area (Å²) in [6.07, 6.45) is 0. The van der Waals surface area contributed by atoms with Gasteiger partial charge in [0.1, 0.15) is 68.7 Å². The van der Waals surface area contributed by atoms with Crippen molar-refractivity contribution in [1.29, 1.82) is 0 Å². The third-order valence-electron chi connectivity index (χ3n) is 6.72. The van der Waals surface area contributed by atoms with Crippen molar-refractivity contribution in [2.45, 2.75) is 0 Å². The van der Waals surface area contributed by atoms with Crippen LogP contribution in [0.5, 0.6) is 46.0 Å². The average molecular weight is 762 g/mol. The zero-order valence-electron chi connectivity index (χ0n) is 27.0. The Balaban J connectivity index is 0.000000232. The van der Waals surface area contributed by atoms with Crippen LogP contribution in [0.1, 0.15) is 0 Å². The molecule has 0 saturated carbocycles. The fourth-order valence-electron chi connectivity index (χ4n) is 4.18. The molecule has 6 aromatic carbocycles. The molecule has 0 aliphatic carbocycles. The van der Waals surface area contributed by atoms with E-state index in [0.29, 0.717) is 23.0 Å². The molecule has 0 bridgehead atoms. The number of para-hydroxylation sites is 2. The minimum absolute atomic E-state index is 0. The van der Waals surface area contributed by atoms with Gasteiger partial charge in [-0.25, -0.2) is 0 Å². The van der Waals surface area contributed by atoms with E-state index in [2.05, 4.69) is 20.5 Å². The van der Waals surface area contributed by atoms with Gasteiger partial charge in [-0.15, -0.1) is 20.5 Å². The molecule has 4 N–H and O–H groups in total. The van der Waals surface area contributed by atoms with Crippen molar-refractivity contribution in [3.05, 3.63) is 154 Å². The number of aromatic hydroxyl groups is 4. The van der Waals surface area contributed by atoms with Crippen LogP contribution < -0.4 is 9.47 Å². The molecule has 0 saturated heterocycles. The van der Waals surface area contributed by atoms with Crippen molar-refractivity contribution < 1.29 is 56.5 Å². The molecule has 0 heterocycles. The van der Waals surface area contributed by atoms with Crippen molar-refractivity contribution in [3.8, 4) is 46.0 Å². The number of phenolic OH excluding ortho intramolecular Hbond substituents is 4. The molecule has 0 amide bonds. The zero-order chi connectivity index (χ0) is 37.0. The summed E-state index contributed by atoms with van der Waals surface area (Å²) >= 11 is 0. The van der Waals surface area contributed by atoms with Crippen LogP contribution in [0, 0.1) is 20.2 Å². The SMILES string of the molecule is O=[N+]([O-])c1ccc(O)c(N=Nc2ccc(Oc3ccccc3)cc2O)c1.O=[N+]([O-])c1ccc(O)c(N=Nc2ccc(Oc3ccccc3)cc2O)c1.[Co]. The molecule has 269 valence electrons. The first kappa shape index (κ1) is 38.4. The number of hydrogen-bond acceptors (Lipinski definition) is 14. The Kier molecular flexibility index (Phi) is 13.1. The molecule has 0 unspecified atom stereocenters. The van der Waals surface area contributed by atoms with Crippen LogP contribution in [0.3, 0.4) is 0 Å². The number of phenols is 4. The van der Waals surface area contributed by atoms with Crippen LogP contribution in [-0.4, -0.2) is 30.3 Å². The predicted octanol–water partition coefficient (Wildman–Crippen LogP) is 10.4. The van der Waals surface area contributed by atoms with Crippen LogP contribution in [0.15, 0.2) is 154 Å². The minimum Gasteiger partial charge on any atom is -0.506 e. The predicted molar refractivity (Wildman–Crippen MR) is 187 cm³/mol. The molecule has 0 aromatic heterocycles. The first-order valence-corrected chi connectivity index (χ1v) is 15.0. The van der Waals surface area contributed by atoms with Crippen molar-refractivity contribution in [3.63, 3.8) is 0 Å². The molecule has 0 fully saturated rings. The van der Waals surface area contributed by atoms with Crippen molar-refractivity contribution in [1.82, 2.24) is 0 Å². The number of hydrogen-bond donors (Lipinski definition) is 4. The molecular formula is C36H26CoN6O10. The van der Waals surface area contributed by atoms with Gasteiger partial charge in [-0.3, -0.25) is 20.2 Å². The smallest absolute Gasteiger partial charge is 0.271 e. The molecule has 6 rings (SSSR count). The fourth-order valence-corrected chi connectivity index (χ4v) is 4.18. The van der Waals surface area contributed by atoms with E-state index in [1.165, 1.54) is 24.3 Å². The van der Waals surface area contributed by atoms with Gasteiger partial charge in [-0.2, -0.15) is 0 Å². The molecule has 16 nitrogen and oxygen atoms in total. The summed E-state index contributed by atoms with van der Waals surface area (Å²) in [4.78, 5) is 20.3. The van der Waals surface area contributed by atoms with E-state index in [-0.39, 0.29) is 73.9 Å². The quantitative estimate of drug-likeness (QED) is 0.0585. The van der Waals surface area contributed by atoms with Crippen LogP contribution in [0.25, 0.3) is 0 Å². The Bertz CT molecular complexity index is 2120. The van der Waals surface area contributed by atoms with E-state index >= 15 is 0 Å². The van der Waals surface area contributed by atoms with Gasteiger partial charge in [0.25, 0.3) is 11.4 Å². The van der Waals surface area contributed by atoms with E-state index in [9.17, 15) is 40.7 Å². The summed E-state index contributed by atoms with van der Waals surface area (Å²) in [5, 5.41) is 76.3. The number of nitrogens with zero attached hydrogens (tertiary/aromatic N) is 6. The Morgan fingerprint density at radius 2 is 0.774 bits per heavy atom. The van der Waals surface area contributed by atoms with Crippen molar-refractivity contribution in [2.24, 2.45) is 20.5 Å². The van der Waals surface area contributed by atoms with Crippen LogP contribution in [0.4, 0.5) is 34.1 Å². The second-order valence-corrected chi connectivity index (χ2v) is 10.4. The molecule has 1 radical (unpaired) electrons. The average Bonchev–Trinajstić information content (AvgIpc) is 3.13. The van der Waals surface area contributed by atoms with E-state index in [0.717, 1.165) is 36.4 Å². The van der Waals surface area contributed by atoms with Gasteiger partial charge in [-0.05, 0) is 60.7 Å². The van der Waals surface area contributed by atoms with Crippen LogP contribution >= 0.6 is 0 Å². The van der Waals surface area contributed by atoms with Gasteiger partial charge >= 0.3 is 0 Å². The van der Waals surface area contributed by atoms with Gasteiger partial charge in [0.15, 0.2) is 0 Å². The first-order valence-electron chi connectivity index (χ1n) is 15.0. The van der Waals surface area contributed by atoms with E-state index < -0.39 is 9.85 Å². The second-order valence-electron chi connectivity index (χ2n) is 10.4. The van der Waals surface area contributed by atoms with Gasteiger partial charge in [-0.1, -0.05) is 36.4 Å².